The number of halogens is 2. The van der Waals surface area contributed by atoms with Crippen LogP contribution in [0.3, 0.4) is 0 Å². The van der Waals surface area contributed by atoms with Crippen LogP contribution >= 0.6 is 23.2 Å². The third kappa shape index (κ3) is 2.61. The molecular formula is C11H7Cl2N2. The highest BCUT2D eigenvalue weighted by molar-refractivity contribution is 6.35. The predicted octanol–water partition coefficient (Wildman–Crippen LogP) is 3.58. The fraction of sp³-hybridized carbons (Fsp3) is 0. The zero-order valence-corrected chi connectivity index (χ0v) is 9.18. The maximum atomic E-state index is 5.98. The van der Waals surface area contributed by atoms with Crippen LogP contribution in [0.25, 0.3) is 6.08 Å². The van der Waals surface area contributed by atoms with Crippen LogP contribution in [-0.2, 0) is 0 Å². The molecule has 15 heavy (non-hydrogen) atoms. The number of aromatic amines is 1. The molecule has 2 rings (SSSR count). The summed E-state index contributed by atoms with van der Waals surface area (Å²) in [5, 5.41) is 1.22. The lowest BCUT2D eigenvalue weighted by atomic mass is 10.2. The molecule has 0 saturated carbocycles. The number of H-pyrrole nitrogens is 1. The standard InChI is InChI=1S/C11H7Cl2N2/c12-9-3-1-8(10(13)7-9)2-4-11-14-5-6-15-11/h1-3,5-7H,(H,14,15). The first kappa shape index (κ1) is 10.3. The number of rotatable bonds is 2. The monoisotopic (exact) mass is 237 g/mol. The van der Waals surface area contributed by atoms with Gasteiger partial charge in [0.15, 0.2) is 0 Å². The summed E-state index contributed by atoms with van der Waals surface area (Å²) in [6.45, 7) is 0. The molecule has 0 aliphatic heterocycles. The van der Waals surface area contributed by atoms with Gasteiger partial charge in [-0.2, -0.15) is 0 Å². The van der Waals surface area contributed by atoms with Gasteiger partial charge in [0.2, 0.25) is 0 Å². The van der Waals surface area contributed by atoms with Gasteiger partial charge in [0.25, 0.3) is 0 Å². The summed E-state index contributed by atoms with van der Waals surface area (Å²) in [4.78, 5) is 6.93. The normalized spacial score (nSPS) is 11.1. The van der Waals surface area contributed by atoms with Crippen molar-refractivity contribution < 1.29 is 0 Å². The second-order valence-electron chi connectivity index (χ2n) is 2.89. The number of aromatic nitrogens is 2. The maximum absolute atomic E-state index is 5.98. The largest absolute Gasteiger partial charge is 0.345 e. The van der Waals surface area contributed by atoms with Crippen LogP contribution < -0.4 is 0 Å². The van der Waals surface area contributed by atoms with E-state index in [9.17, 15) is 0 Å². The Bertz CT molecular complexity index is 475. The van der Waals surface area contributed by atoms with Crippen molar-refractivity contribution >= 4 is 29.3 Å². The van der Waals surface area contributed by atoms with E-state index in [1.165, 1.54) is 0 Å². The van der Waals surface area contributed by atoms with Crippen LogP contribution in [0.1, 0.15) is 11.4 Å². The zero-order chi connectivity index (χ0) is 10.7. The summed E-state index contributed by atoms with van der Waals surface area (Å²) in [5.41, 5.74) is 0.859. The fourth-order valence-electron chi connectivity index (χ4n) is 1.11. The molecule has 0 amide bonds. The van der Waals surface area contributed by atoms with Crippen LogP contribution in [0.4, 0.5) is 0 Å². The van der Waals surface area contributed by atoms with Gasteiger partial charge in [0, 0.05) is 28.5 Å². The van der Waals surface area contributed by atoms with Crippen LogP contribution in [0.15, 0.2) is 30.6 Å². The highest BCUT2D eigenvalue weighted by atomic mass is 35.5. The predicted molar refractivity (Wildman–Crippen MR) is 61.9 cm³/mol. The molecule has 0 atom stereocenters. The molecule has 2 aromatic rings. The molecule has 0 aliphatic rings. The van der Waals surface area contributed by atoms with Gasteiger partial charge < -0.3 is 4.98 Å². The second kappa shape index (κ2) is 4.51. The van der Waals surface area contributed by atoms with Gasteiger partial charge >= 0.3 is 0 Å². The molecule has 0 fully saturated rings. The van der Waals surface area contributed by atoms with Crippen molar-refractivity contribution in [2.24, 2.45) is 0 Å². The highest BCUT2D eigenvalue weighted by Crippen LogP contribution is 2.21. The maximum Gasteiger partial charge on any atom is 0.138 e. The van der Waals surface area contributed by atoms with E-state index >= 15 is 0 Å². The van der Waals surface area contributed by atoms with Gasteiger partial charge in [-0.05, 0) is 23.8 Å². The summed E-state index contributed by atoms with van der Waals surface area (Å²) >= 11 is 11.8. The molecule has 2 nitrogen and oxygen atoms in total. The Morgan fingerprint density at radius 3 is 2.87 bits per heavy atom. The van der Waals surface area contributed by atoms with E-state index in [1.807, 2.05) is 6.07 Å². The first-order chi connectivity index (χ1) is 7.25. The Hall–Kier alpha value is -1.25. The Morgan fingerprint density at radius 1 is 1.33 bits per heavy atom. The fourth-order valence-corrected chi connectivity index (χ4v) is 1.57. The van der Waals surface area contributed by atoms with Gasteiger partial charge in [-0.1, -0.05) is 29.3 Å². The molecule has 1 N–H and O–H groups in total. The van der Waals surface area contributed by atoms with Crippen molar-refractivity contribution in [1.82, 2.24) is 9.97 Å². The van der Waals surface area contributed by atoms with E-state index in [1.54, 1.807) is 30.6 Å². The molecule has 4 heteroatoms. The molecule has 0 aliphatic carbocycles. The number of imidazole rings is 1. The van der Waals surface area contributed by atoms with Gasteiger partial charge in [-0.3, -0.25) is 0 Å². The highest BCUT2D eigenvalue weighted by Gasteiger charge is 1.97. The van der Waals surface area contributed by atoms with Crippen molar-refractivity contribution in [2.75, 3.05) is 0 Å². The molecule has 75 valence electrons. The van der Waals surface area contributed by atoms with Crippen LogP contribution in [0.2, 0.25) is 10.0 Å². The number of nitrogens with one attached hydrogen (secondary N) is 1. The second-order valence-corrected chi connectivity index (χ2v) is 3.74. The van der Waals surface area contributed by atoms with Gasteiger partial charge in [0.1, 0.15) is 5.82 Å². The first-order valence-corrected chi connectivity index (χ1v) is 5.05. The van der Waals surface area contributed by atoms with Gasteiger partial charge in [-0.15, -0.1) is 0 Å². The van der Waals surface area contributed by atoms with Crippen molar-refractivity contribution in [1.29, 1.82) is 0 Å². The summed E-state index contributed by atoms with van der Waals surface area (Å²) in [6, 6.07) is 5.31. The molecule has 0 bridgehead atoms. The van der Waals surface area contributed by atoms with Crippen LogP contribution in [0, 0.1) is 6.08 Å². The van der Waals surface area contributed by atoms with Crippen LogP contribution in [0.5, 0.6) is 0 Å². The molecule has 1 radical (unpaired) electrons. The summed E-state index contributed by atoms with van der Waals surface area (Å²) in [7, 11) is 0. The Balaban J connectivity index is 2.24. The van der Waals surface area contributed by atoms with Crippen molar-refractivity contribution in [2.45, 2.75) is 0 Å². The SMILES string of the molecule is Clc1ccc(C=[C]c2ncc[nH]2)c(Cl)c1. The Morgan fingerprint density at radius 2 is 2.20 bits per heavy atom. The van der Waals surface area contributed by atoms with Gasteiger partial charge in [-0.25, -0.2) is 4.98 Å². The molecule has 1 aromatic heterocycles. The summed E-state index contributed by atoms with van der Waals surface area (Å²) < 4.78 is 0. The quantitative estimate of drug-likeness (QED) is 0.850. The minimum atomic E-state index is 0.599. The van der Waals surface area contributed by atoms with Crippen molar-refractivity contribution in [3.05, 3.63) is 58.1 Å². The third-order valence-corrected chi connectivity index (χ3v) is 2.39. The van der Waals surface area contributed by atoms with E-state index in [4.69, 9.17) is 23.2 Å². The minimum Gasteiger partial charge on any atom is -0.345 e. The number of hydrogen-bond donors (Lipinski definition) is 1. The number of hydrogen-bond acceptors (Lipinski definition) is 1. The van der Waals surface area contributed by atoms with E-state index in [0.29, 0.717) is 15.9 Å². The average Bonchev–Trinajstić information content (AvgIpc) is 2.69. The smallest absolute Gasteiger partial charge is 0.138 e. The first-order valence-electron chi connectivity index (χ1n) is 4.30. The average molecular weight is 238 g/mol. The van der Waals surface area contributed by atoms with Crippen molar-refractivity contribution in [3.63, 3.8) is 0 Å². The molecule has 1 aromatic carbocycles. The topological polar surface area (TPSA) is 28.7 Å². The number of benzene rings is 1. The Kier molecular flexibility index (Phi) is 3.09. The molecule has 0 saturated heterocycles. The minimum absolute atomic E-state index is 0.599. The zero-order valence-electron chi connectivity index (χ0n) is 7.67. The van der Waals surface area contributed by atoms with E-state index in [0.717, 1.165) is 5.56 Å². The summed E-state index contributed by atoms with van der Waals surface area (Å²) in [6.07, 6.45) is 8.15. The number of nitrogens with zero attached hydrogens (tertiary/aromatic N) is 1. The van der Waals surface area contributed by atoms with Crippen LogP contribution in [-0.4, -0.2) is 9.97 Å². The lowest BCUT2D eigenvalue weighted by Crippen LogP contribution is -1.78. The third-order valence-electron chi connectivity index (χ3n) is 1.83. The Labute approximate surface area is 97.6 Å². The lowest BCUT2D eigenvalue weighted by molar-refractivity contribution is 1.21. The van der Waals surface area contributed by atoms with Gasteiger partial charge in [0.05, 0.1) is 0 Å². The summed E-state index contributed by atoms with van der Waals surface area (Å²) in [5.74, 6) is 0.668. The van der Waals surface area contributed by atoms with E-state index in [2.05, 4.69) is 16.0 Å². The van der Waals surface area contributed by atoms with Crippen molar-refractivity contribution in [3.8, 4) is 0 Å². The van der Waals surface area contributed by atoms with E-state index < -0.39 is 0 Å². The molecule has 0 spiro atoms. The molecule has 0 unspecified atom stereocenters. The lowest BCUT2D eigenvalue weighted by Gasteiger charge is -1.97. The molecular weight excluding hydrogens is 231 g/mol. The van der Waals surface area contributed by atoms with E-state index in [-0.39, 0.29) is 0 Å². The molecule has 1 heterocycles.